The molecule has 0 unspecified atom stereocenters. The predicted molar refractivity (Wildman–Crippen MR) is 72.9 cm³/mol. The van der Waals surface area contributed by atoms with E-state index in [1.54, 1.807) is 0 Å². The third-order valence-corrected chi connectivity index (χ3v) is 3.94. The maximum Gasteiger partial charge on any atom is 0.242 e. The molecule has 3 N–H and O–H groups in total. The molecule has 0 saturated carbocycles. The highest BCUT2D eigenvalue weighted by Gasteiger charge is 2.18. The molecular weight excluding hydrogens is 297 g/mol. The molecule has 0 fully saturated rings. The van der Waals surface area contributed by atoms with E-state index in [9.17, 15) is 12.8 Å². The molecular formula is C13H12FN3O3S. The van der Waals surface area contributed by atoms with Gasteiger partial charge in [0.2, 0.25) is 10.0 Å². The highest BCUT2D eigenvalue weighted by atomic mass is 32.2. The highest BCUT2D eigenvalue weighted by molar-refractivity contribution is 7.89. The third-order valence-electron chi connectivity index (χ3n) is 2.48. The van der Waals surface area contributed by atoms with Crippen molar-refractivity contribution in [1.82, 2.24) is 9.88 Å². The molecule has 8 heteroatoms. The topological polar surface area (TPSA) is 98.2 Å². The second-order valence-electron chi connectivity index (χ2n) is 3.95. The first-order valence-electron chi connectivity index (χ1n) is 5.90. The normalized spacial score (nSPS) is 11.0. The summed E-state index contributed by atoms with van der Waals surface area (Å²) in [5.74, 6) is 4.83. The van der Waals surface area contributed by atoms with Crippen molar-refractivity contribution in [3.8, 4) is 11.8 Å². The molecule has 0 amide bonds. The van der Waals surface area contributed by atoms with Crippen LogP contribution in [0.5, 0.6) is 0 Å². The van der Waals surface area contributed by atoms with Crippen LogP contribution in [0.2, 0.25) is 0 Å². The van der Waals surface area contributed by atoms with Gasteiger partial charge in [-0.1, -0.05) is 17.0 Å². The Morgan fingerprint density at radius 1 is 1.38 bits per heavy atom. The van der Waals surface area contributed by atoms with Crippen molar-refractivity contribution < 1.29 is 17.3 Å². The van der Waals surface area contributed by atoms with Crippen molar-refractivity contribution in [3.63, 3.8) is 0 Å². The average Bonchev–Trinajstić information content (AvgIpc) is 2.96. The van der Waals surface area contributed by atoms with Crippen molar-refractivity contribution in [1.29, 1.82) is 0 Å². The maximum absolute atomic E-state index is 13.2. The first-order valence-corrected chi connectivity index (χ1v) is 7.39. The largest absolute Gasteiger partial charge is 0.360 e. The lowest BCUT2D eigenvalue weighted by Gasteiger charge is -2.07. The molecule has 1 aromatic carbocycles. The first-order chi connectivity index (χ1) is 10.0. The number of sulfonamides is 1. The molecule has 2 aromatic rings. The first kappa shape index (κ1) is 15.2. The van der Waals surface area contributed by atoms with Gasteiger partial charge in [-0.3, -0.25) is 0 Å². The third kappa shape index (κ3) is 3.88. The van der Waals surface area contributed by atoms with E-state index in [1.165, 1.54) is 12.3 Å². The number of aromatic nitrogens is 1. The molecule has 21 heavy (non-hydrogen) atoms. The summed E-state index contributed by atoms with van der Waals surface area (Å²) < 4.78 is 44.8. The second kappa shape index (κ2) is 6.49. The molecule has 0 spiro atoms. The Bertz CT molecular complexity index is 777. The minimum atomic E-state index is -3.86. The van der Waals surface area contributed by atoms with Gasteiger partial charge < -0.3 is 10.3 Å². The van der Waals surface area contributed by atoms with Crippen LogP contribution in [0.4, 0.5) is 4.39 Å². The number of benzene rings is 1. The minimum Gasteiger partial charge on any atom is -0.360 e. The van der Waals surface area contributed by atoms with Gasteiger partial charge in [-0.25, -0.2) is 17.5 Å². The number of hydrogen-bond acceptors (Lipinski definition) is 5. The molecule has 0 bridgehead atoms. The summed E-state index contributed by atoms with van der Waals surface area (Å²) in [6, 6.07) is 4.78. The van der Waals surface area contributed by atoms with Crippen LogP contribution < -0.4 is 10.5 Å². The lowest BCUT2D eigenvalue weighted by molar-refractivity contribution is 0.380. The van der Waals surface area contributed by atoms with Gasteiger partial charge in [0.15, 0.2) is 5.76 Å². The fourth-order valence-corrected chi connectivity index (χ4v) is 2.69. The quantitative estimate of drug-likeness (QED) is 0.806. The Balaban J connectivity index is 2.30. The van der Waals surface area contributed by atoms with Crippen LogP contribution in [0.15, 0.2) is 39.9 Å². The zero-order valence-electron chi connectivity index (χ0n) is 10.8. The van der Waals surface area contributed by atoms with E-state index in [0.717, 1.165) is 18.2 Å². The zero-order chi connectivity index (χ0) is 15.3. The van der Waals surface area contributed by atoms with Crippen molar-refractivity contribution >= 4 is 10.0 Å². The van der Waals surface area contributed by atoms with Crippen LogP contribution in [-0.2, 0) is 16.6 Å². The van der Waals surface area contributed by atoms with Gasteiger partial charge in [0.1, 0.15) is 5.82 Å². The summed E-state index contributed by atoms with van der Waals surface area (Å²) >= 11 is 0. The fraction of sp³-hybridized carbons (Fsp3) is 0.154. The summed E-state index contributed by atoms with van der Waals surface area (Å²) in [5.41, 5.74) is 5.29. The van der Waals surface area contributed by atoms with Crippen molar-refractivity contribution in [2.24, 2.45) is 5.73 Å². The number of nitrogens with two attached hydrogens (primary N) is 1. The van der Waals surface area contributed by atoms with Crippen molar-refractivity contribution in [3.05, 3.63) is 47.6 Å². The summed E-state index contributed by atoms with van der Waals surface area (Å²) in [6.45, 7) is -0.0229. The minimum absolute atomic E-state index is 0.0431. The van der Waals surface area contributed by atoms with Crippen LogP contribution >= 0.6 is 0 Å². The van der Waals surface area contributed by atoms with Gasteiger partial charge in [0.25, 0.3) is 0 Å². The van der Waals surface area contributed by atoms with E-state index in [-0.39, 0.29) is 23.5 Å². The Kier molecular flexibility index (Phi) is 4.70. The molecule has 110 valence electrons. The van der Waals surface area contributed by atoms with Gasteiger partial charge >= 0.3 is 0 Å². The Morgan fingerprint density at radius 2 is 2.19 bits per heavy atom. The summed E-state index contributed by atoms with van der Waals surface area (Å²) in [4.78, 5) is -0.121. The SMILES string of the molecule is NCC#Cc1cc(F)ccc1S(=O)(=O)NCc1ccno1. The Morgan fingerprint density at radius 3 is 2.86 bits per heavy atom. The molecule has 1 heterocycles. The molecule has 0 atom stereocenters. The number of nitrogens with zero attached hydrogens (tertiary/aromatic N) is 1. The molecule has 0 saturated heterocycles. The lowest BCUT2D eigenvalue weighted by atomic mass is 10.2. The predicted octanol–water partition coefficient (Wildman–Crippen LogP) is 0.602. The van der Waals surface area contributed by atoms with Crippen LogP contribution in [0.1, 0.15) is 11.3 Å². The summed E-state index contributed by atoms with van der Waals surface area (Å²) in [6.07, 6.45) is 1.40. The molecule has 0 aliphatic rings. The fourth-order valence-electron chi connectivity index (χ4n) is 1.56. The average molecular weight is 309 g/mol. The molecule has 1 aromatic heterocycles. The number of halogens is 1. The van der Waals surface area contributed by atoms with E-state index < -0.39 is 15.8 Å². The van der Waals surface area contributed by atoms with E-state index >= 15 is 0 Å². The van der Waals surface area contributed by atoms with Gasteiger partial charge in [0.05, 0.1) is 24.2 Å². The van der Waals surface area contributed by atoms with E-state index in [2.05, 4.69) is 21.7 Å². The van der Waals surface area contributed by atoms with Crippen LogP contribution in [0, 0.1) is 17.7 Å². The van der Waals surface area contributed by atoms with Crippen molar-refractivity contribution in [2.45, 2.75) is 11.4 Å². The Labute approximate surface area is 121 Å². The molecule has 6 nitrogen and oxygen atoms in total. The lowest BCUT2D eigenvalue weighted by Crippen LogP contribution is -2.24. The monoisotopic (exact) mass is 309 g/mol. The van der Waals surface area contributed by atoms with Crippen LogP contribution in [0.25, 0.3) is 0 Å². The molecule has 2 rings (SSSR count). The molecule has 0 radical (unpaired) electrons. The van der Waals surface area contributed by atoms with E-state index in [4.69, 9.17) is 10.3 Å². The second-order valence-corrected chi connectivity index (χ2v) is 5.69. The number of nitrogens with one attached hydrogen (secondary N) is 1. The summed E-state index contributed by atoms with van der Waals surface area (Å²) in [7, 11) is -3.86. The number of hydrogen-bond donors (Lipinski definition) is 2. The van der Waals surface area contributed by atoms with E-state index in [0.29, 0.717) is 5.76 Å². The van der Waals surface area contributed by atoms with Gasteiger partial charge in [-0.05, 0) is 18.2 Å². The van der Waals surface area contributed by atoms with E-state index in [1.807, 2.05) is 0 Å². The standard InChI is InChI=1S/C13H12FN3O3S/c14-11-3-4-13(10(8-11)2-1-6-15)21(18,19)17-9-12-5-7-16-20-12/h3-5,7-8,17H,6,9,15H2. The molecule has 0 aliphatic carbocycles. The summed E-state index contributed by atoms with van der Waals surface area (Å²) in [5, 5.41) is 3.47. The molecule has 0 aliphatic heterocycles. The zero-order valence-corrected chi connectivity index (χ0v) is 11.7. The Hall–Kier alpha value is -2.21. The maximum atomic E-state index is 13.2. The van der Waals surface area contributed by atoms with Crippen LogP contribution in [-0.4, -0.2) is 20.1 Å². The van der Waals surface area contributed by atoms with Gasteiger partial charge in [-0.15, -0.1) is 0 Å². The van der Waals surface area contributed by atoms with Crippen molar-refractivity contribution in [2.75, 3.05) is 6.54 Å². The van der Waals surface area contributed by atoms with Gasteiger partial charge in [0, 0.05) is 11.6 Å². The highest BCUT2D eigenvalue weighted by Crippen LogP contribution is 2.16. The number of rotatable bonds is 4. The van der Waals surface area contributed by atoms with Crippen LogP contribution in [0.3, 0.4) is 0 Å². The smallest absolute Gasteiger partial charge is 0.242 e. The van der Waals surface area contributed by atoms with Gasteiger partial charge in [-0.2, -0.15) is 0 Å².